The number of nitrogens with two attached hydrogens (primary N) is 1. The number of nitrogens with one attached hydrogen (secondary N) is 1. The van der Waals surface area contributed by atoms with Gasteiger partial charge in [-0.25, -0.2) is 0 Å². The molecule has 2 unspecified atom stereocenters. The fourth-order valence-corrected chi connectivity index (χ4v) is 5.09. The van der Waals surface area contributed by atoms with Crippen molar-refractivity contribution in [1.82, 2.24) is 0 Å². The van der Waals surface area contributed by atoms with E-state index in [1.807, 2.05) is 29.6 Å². The first kappa shape index (κ1) is 23.5. The van der Waals surface area contributed by atoms with E-state index < -0.39 is 14.4 Å². The predicted octanol–water partition coefficient (Wildman–Crippen LogP) is 5.77. The molecule has 0 saturated carbocycles. The summed E-state index contributed by atoms with van der Waals surface area (Å²) in [5, 5.41) is 4.88. The second-order valence-corrected chi connectivity index (χ2v) is 9.61. The summed E-state index contributed by atoms with van der Waals surface area (Å²) in [5.41, 5.74) is 9.31. The van der Waals surface area contributed by atoms with E-state index in [1.165, 1.54) is 0 Å². The predicted molar refractivity (Wildman–Crippen MR) is 130 cm³/mol. The van der Waals surface area contributed by atoms with Crippen molar-refractivity contribution >= 4 is 36.9 Å². The number of hydrogen-bond acceptors (Lipinski definition) is 6. The van der Waals surface area contributed by atoms with E-state index in [0.29, 0.717) is 42.5 Å². The number of carbonyl (C=O) groups excluding carboxylic acids is 1. The third-order valence-corrected chi connectivity index (χ3v) is 7.11. The molecular formula is C24H26N2O5PS+. The van der Waals surface area contributed by atoms with Crippen molar-refractivity contribution in [3.05, 3.63) is 71.1 Å². The first-order chi connectivity index (χ1) is 16.0. The molecular weight excluding hydrogens is 459 g/mol. The summed E-state index contributed by atoms with van der Waals surface area (Å²) in [6.45, 7) is 1.39. The van der Waals surface area contributed by atoms with Crippen LogP contribution >= 0.6 is 19.6 Å². The molecule has 2 atom stereocenters. The highest BCUT2D eigenvalue weighted by Gasteiger charge is 2.29. The van der Waals surface area contributed by atoms with Crippen molar-refractivity contribution in [3.8, 4) is 10.4 Å². The Hall–Kier alpha value is -2.61. The fraction of sp³-hybridized carbons (Fsp3) is 0.292. The van der Waals surface area contributed by atoms with Gasteiger partial charge in [0.2, 0.25) is 0 Å². The highest BCUT2D eigenvalue weighted by atomic mass is 32.1. The molecule has 1 fully saturated rings. The number of amides is 1. The zero-order valence-electron chi connectivity index (χ0n) is 18.0. The van der Waals surface area contributed by atoms with Gasteiger partial charge in [0.05, 0.1) is 11.4 Å². The third-order valence-electron chi connectivity index (χ3n) is 5.76. The van der Waals surface area contributed by atoms with Crippen LogP contribution in [0.5, 0.6) is 0 Å². The average molecular weight is 486 g/mol. The van der Waals surface area contributed by atoms with Gasteiger partial charge in [-0.05, 0) is 72.0 Å². The van der Waals surface area contributed by atoms with Crippen LogP contribution < -0.4 is 11.1 Å². The minimum atomic E-state index is -2.74. The van der Waals surface area contributed by atoms with Crippen LogP contribution in [0.25, 0.3) is 10.4 Å². The summed E-state index contributed by atoms with van der Waals surface area (Å²) >= 11 is 1.62. The zero-order valence-corrected chi connectivity index (χ0v) is 19.7. The number of benzene rings is 2. The van der Waals surface area contributed by atoms with Gasteiger partial charge in [0.15, 0.2) is 0 Å². The number of rotatable bonds is 8. The Balaban J connectivity index is 1.47. The Labute approximate surface area is 197 Å². The molecule has 0 aliphatic carbocycles. The minimum Gasteiger partial charge on any atom is -0.397 e. The van der Waals surface area contributed by atoms with Crippen molar-refractivity contribution in [1.29, 1.82) is 0 Å². The summed E-state index contributed by atoms with van der Waals surface area (Å²) in [4.78, 5) is 23.3. The van der Waals surface area contributed by atoms with E-state index in [0.717, 1.165) is 28.8 Å². The van der Waals surface area contributed by atoms with Gasteiger partial charge in [-0.2, -0.15) is 0 Å². The summed E-state index contributed by atoms with van der Waals surface area (Å²) in [7, 11) is -2.74. The molecule has 9 heteroatoms. The van der Waals surface area contributed by atoms with Crippen LogP contribution in [0.3, 0.4) is 0 Å². The van der Waals surface area contributed by atoms with E-state index in [2.05, 4.69) is 5.32 Å². The van der Waals surface area contributed by atoms with Crippen LogP contribution in [0.1, 0.15) is 41.3 Å². The standard InChI is InChI=1S/C24H25N2O5PS/c25-20-8-7-19(23-2-1-13-33-23)15-21(20)26-24(27)18-5-3-17(4-6-18)22(31-32(28)29)14-16-9-11-30-12-10-16/h1-8,13,15-16,22H,9-12,14,25H2,(H-,26,27,28,29)/p+1. The Morgan fingerprint density at radius 2 is 1.97 bits per heavy atom. The van der Waals surface area contributed by atoms with Crippen LogP contribution in [-0.4, -0.2) is 24.0 Å². The van der Waals surface area contributed by atoms with Crippen LogP contribution in [0, 0.1) is 5.92 Å². The van der Waals surface area contributed by atoms with Gasteiger partial charge >= 0.3 is 8.25 Å². The first-order valence-corrected chi connectivity index (χ1v) is 12.8. The number of hydrogen-bond donors (Lipinski definition) is 3. The number of thiophene rings is 1. The molecule has 3 aromatic rings. The number of ether oxygens (including phenoxy) is 1. The van der Waals surface area contributed by atoms with Crippen LogP contribution in [-0.2, 0) is 13.8 Å². The summed E-state index contributed by atoms with van der Waals surface area (Å²) in [6.07, 6.45) is 1.91. The van der Waals surface area contributed by atoms with E-state index in [9.17, 15) is 14.3 Å². The molecule has 1 aliphatic heterocycles. The van der Waals surface area contributed by atoms with Crippen molar-refractivity contribution in [3.63, 3.8) is 0 Å². The molecule has 0 radical (unpaired) electrons. The highest BCUT2D eigenvalue weighted by molar-refractivity contribution is 7.32. The second-order valence-electron chi connectivity index (χ2n) is 7.98. The lowest BCUT2D eigenvalue weighted by Crippen LogP contribution is -2.18. The molecule has 7 nitrogen and oxygen atoms in total. The van der Waals surface area contributed by atoms with Gasteiger partial charge in [-0.3, -0.25) is 4.79 Å². The largest absolute Gasteiger partial charge is 0.695 e. The molecule has 1 saturated heterocycles. The van der Waals surface area contributed by atoms with E-state index in [1.54, 1.807) is 41.7 Å². The average Bonchev–Trinajstić information content (AvgIpc) is 3.36. The minimum absolute atomic E-state index is 0.285. The molecule has 1 aromatic heterocycles. The van der Waals surface area contributed by atoms with Crippen LogP contribution in [0.15, 0.2) is 60.0 Å². The summed E-state index contributed by atoms with van der Waals surface area (Å²) in [5.74, 6) is 0.0759. The molecule has 4 N–H and O–H groups in total. The quantitative estimate of drug-likeness (QED) is 0.276. The van der Waals surface area contributed by atoms with Gasteiger partial charge < -0.3 is 15.8 Å². The molecule has 172 valence electrons. The maximum Gasteiger partial charge on any atom is 0.695 e. The van der Waals surface area contributed by atoms with Crippen LogP contribution in [0.4, 0.5) is 11.4 Å². The van der Waals surface area contributed by atoms with Crippen molar-refractivity contribution in [2.45, 2.75) is 25.4 Å². The van der Waals surface area contributed by atoms with Gasteiger partial charge in [0.25, 0.3) is 5.91 Å². The molecule has 33 heavy (non-hydrogen) atoms. The molecule has 0 spiro atoms. The van der Waals surface area contributed by atoms with Gasteiger partial charge in [-0.1, -0.05) is 24.3 Å². The lowest BCUT2D eigenvalue weighted by molar-refractivity contribution is 0.0476. The van der Waals surface area contributed by atoms with Gasteiger partial charge in [0.1, 0.15) is 6.10 Å². The van der Waals surface area contributed by atoms with Crippen molar-refractivity contribution in [2.75, 3.05) is 24.3 Å². The van der Waals surface area contributed by atoms with Gasteiger partial charge in [-0.15, -0.1) is 20.8 Å². The van der Waals surface area contributed by atoms with Crippen LogP contribution in [0.2, 0.25) is 0 Å². The van der Waals surface area contributed by atoms with E-state index >= 15 is 0 Å². The van der Waals surface area contributed by atoms with Crippen molar-refractivity contribution in [2.24, 2.45) is 5.92 Å². The molecule has 4 rings (SSSR count). The molecule has 0 bridgehead atoms. The molecule has 1 aliphatic rings. The summed E-state index contributed by atoms with van der Waals surface area (Å²) in [6, 6.07) is 16.5. The Morgan fingerprint density at radius 1 is 1.21 bits per heavy atom. The monoisotopic (exact) mass is 485 g/mol. The highest BCUT2D eigenvalue weighted by Crippen LogP contribution is 2.36. The maximum absolute atomic E-state index is 12.8. The lowest BCUT2D eigenvalue weighted by Gasteiger charge is -2.24. The van der Waals surface area contributed by atoms with Crippen molar-refractivity contribution < 1.29 is 23.5 Å². The normalized spacial score (nSPS) is 15.7. The lowest BCUT2D eigenvalue weighted by atomic mass is 9.91. The maximum atomic E-state index is 12.8. The molecule has 1 amide bonds. The van der Waals surface area contributed by atoms with E-state index in [-0.39, 0.29) is 5.91 Å². The topological polar surface area (TPSA) is 111 Å². The fourth-order valence-electron chi connectivity index (χ4n) is 3.94. The first-order valence-electron chi connectivity index (χ1n) is 10.7. The number of carbonyl (C=O) groups is 1. The Morgan fingerprint density at radius 3 is 2.64 bits per heavy atom. The smallest absolute Gasteiger partial charge is 0.397 e. The Kier molecular flexibility index (Phi) is 7.85. The third kappa shape index (κ3) is 6.25. The molecule has 2 heterocycles. The number of anilines is 2. The SMILES string of the molecule is Nc1ccc(-c2cccs2)cc1NC(=O)c1ccc(C(CC2CCOCC2)O[P+](=O)O)cc1. The van der Waals surface area contributed by atoms with Gasteiger partial charge in [0, 0.05) is 28.2 Å². The number of nitrogen functional groups attached to an aromatic ring is 1. The molecule has 2 aromatic carbocycles. The van der Waals surface area contributed by atoms with E-state index in [4.69, 9.17) is 15.0 Å². The zero-order chi connectivity index (χ0) is 23.2. The second kappa shape index (κ2) is 11.0. The Bertz CT molecular complexity index is 1100. The summed E-state index contributed by atoms with van der Waals surface area (Å²) < 4.78 is 22.1.